The molecular formula is C19H28O3. The average Bonchev–Trinajstić information content (AvgIpc) is 2.55. The van der Waals surface area contributed by atoms with Crippen LogP contribution in [0.3, 0.4) is 0 Å². The Morgan fingerprint density at radius 1 is 1.23 bits per heavy atom. The highest BCUT2D eigenvalue weighted by molar-refractivity contribution is 5.85. The summed E-state index contributed by atoms with van der Waals surface area (Å²) in [6, 6.07) is 10.00. The van der Waals surface area contributed by atoms with Gasteiger partial charge >= 0.3 is 0 Å². The molecule has 1 saturated carbocycles. The topological polar surface area (TPSA) is 46.5 Å². The maximum Gasteiger partial charge on any atom is 0.143 e. The van der Waals surface area contributed by atoms with E-state index >= 15 is 0 Å². The van der Waals surface area contributed by atoms with Gasteiger partial charge in [0.1, 0.15) is 5.78 Å². The molecule has 3 heteroatoms. The fraction of sp³-hybridized carbons (Fsp3) is 0.632. The standard InChI is InChI=1S/C19H28O3/c1-6-19(21)13(3)17(20)12(2)18(14(19)4)22-15(5)16-10-8-7-9-11-16/h7-15,18,21H,6H2,1-5H3/t12-,13-,14+,15+,18+,19-/m1/s1. The summed E-state index contributed by atoms with van der Waals surface area (Å²) in [5.41, 5.74) is 0.109. The van der Waals surface area contributed by atoms with E-state index in [2.05, 4.69) is 0 Å². The van der Waals surface area contributed by atoms with Crippen LogP contribution >= 0.6 is 0 Å². The van der Waals surface area contributed by atoms with E-state index in [9.17, 15) is 9.90 Å². The van der Waals surface area contributed by atoms with E-state index in [1.165, 1.54) is 0 Å². The van der Waals surface area contributed by atoms with Gasteiger partial charge in [-0.05, 0) is 18.9 Å². The molecule has 0 bridgehead atoms. The van der Waals surface area contributed by atoms with E-state index in [0.29, 0.717) is 6.42 Å². The summed E-state index contributed by atoms with van der Waals surface area (Å²) in [5, 5.41) is 11.0. The molecule has 1 fully saturated rings. The van der Waals surface area contributed by atoms with Crippen molar-refractivity contribution in [3.8, 4) is 0 Å². The summed E-state index contributed by atoms with van der Waals surface area (Å²) in [4.78, 5) is 12.5. The smallest absolute Gasteiger partial charge is 0.143 e. The van der Waals surface area contributed by atoms with E-state index in [1.807, 2.05) is 65.0 Å². The van der Waals surface area contributed by atoms with Crippen LogP contribution in [0.1, 0.15) is 52.7 Å². The predicted molar refractivity (Wildman–Crippen MR) is 87.5 cm³/mol. The molecule has 0 amide bonds. The van der Waals surface area contributed by atoms with Crippen molar-refractivity contribution < 1.29 is 14.6 Å². The first-order valence-corrected chi connectivity index (χ1v) is 8.29. The molecule has 0 aromatic heterocycles. The highest BCUT2D eigenvalue weighted by Crippen LogP contribution is 2.43. The lowest BCUT2D eigenvalue weighted by molar-refractivity contribution is -0.186. The van der Waals surface area contributed by atoms with E-state index in [-0.39, 0.29) is 35.7 Å². The van der Waals surface area contributed by atoms with Crippen molar-refractivity contribution in [1.29, 1.82) is 0 Å². The minimum Gasteiger partial charge on any atom is -0.389 e. The van der Waals surface area contributed by atoms with Crippen LogP contribution in [-0.2, 0) is 9.53 Å². The van der Waals surface area contributed by atoms with Crippen LogP contribution < -0.4 is 0 Å². The number of hydrogen-bond donors (Lipinski definition) is 1. The molecule has 2 rings (SSSR count). The van der Waals surface area contributed by atoms with Gasteiger partial charge in [-0.15, -0.1) is 0 Å². The zero-order valence-electron chi connectivity index (χ0n) is 14.2. The van der Waals surface area contributed by atoms with Gasteiger partial charge < -0.3 is 9.84 Å². The number of carbonyl (C=O) groups is 1. The molecular weight excluding hydrogens is 276 g/mol. The monoisotopic (exact) mass is 304 g/mol. The quantitative estimate of drug-likeness (QED) is 0.921. The van der Waals surface area contributed by atoms with Crippen LogP contribution in [0.25, 0.3) is 0 Å². The van der Waals surface area contributed by atoms with Crippen molar-refractivity contribution in [2.24, 2.45) is 17.8 Å². The van der Waals surface area contributed by atoms with Crippen molar-refractivity contribution >= 4 is 5.78 Å². The van der Waals surface area contributed by atoms with Crippen LogP contribution in [0, 0.1) is 17.8 Å². The molecule has 1 aromatic carbocycles. The number of Topliss-reactive ketones (excluding diaryl/α,β-unsaturated/α-hetero) is 1. The summed E-state index contributed by atoms with van der Waals surface area (Å²) in [5.74, 6) is -0.503. The predicted octanol–water partition coefficient (Wildman–Crippen LogP) is 3.76. The lowest BCUT2D eigenvalue weighted by Crippen LogP contribution is -2.59. The van der Waals surface area contributed by atoms with E-state index < -0.39 is 5.60 Å². The fourth-order valence-corrected chi connectivity index (χ4v) is 3.82. The second kappa shape index (κ2) is 6.51. The Balaban J connectivity index is 2.23. The number of benzene rings is 1. The number of carbonyl (C=O) groups excluding carboxylic acids is 1. The third kappa shape index (κ3) is 2.84. The van der Waals surface area contributed by atoms with Crippen molar-refractivity contribution in [2.75, 3.05) is 0 Å². The van der Waals surface area contributed by atoms with Gasteiger partial charge in [0, 0.05) is 17.8 Å². The first-order chi connectivity index (χ1) is 10.3. The van der Waals surface area contributed by atoms with Crippen LogP contribution in [-0.4, -0.2) is 22.6 Å². The van der Waals surface area contributed by atoms with Crippen molar-refractivity contribution in [3.05, 3.63) is 35.9 Å². The molecule has 0 aliphatic heterocycles. The number of hydrogen-bond acceptors (Lipinski definition) is 3. The van der Waals surface area contributed by atoms with Crippen LogP contribution in [0.5, 0.6) is 0 Å². The molecule has 1 aliphatic rings. The first kappa shape index (κ1) is 17.2. The highest BCUT2D eigenvalue weighted by atomic mass is 16.5. The van der Waals surface area contributed by atoms with Gasteiger partial charge in [0.15, 0.2) is 0 Å². The summed E-state index contributed by atoms with van der Waals surface area (Å²) in [7, 11) is 0. The molecule has 0 radical (unpaired) electrons. The molecule has 0 spiro atoms. The zero-order chi connectivity index (χ0) is 16.5. The third-order valence-electron chi connectivity index (χ3n) is 5.60. The van der Waals surface area contributed by atoms with E-state index in [0.717, 1.165) is 5.56 Å². The molecule has 0 unspecified atom stereocenters. The zero-order valence-corrected chi connectivity index (χ0v) is 14.2. The van der Waals surface area contributed by atoms with Crippen LogP contribution in [0.4, 0.5) is 0 Å². The molecule has 22 heavy (non-hydrogen) atoms. The number of ether oxygens (including phenoxy) is 1. The van der Waals surface area contributed by atoms with Gasteiger partial charge in [-0.1, -0.05) is 58.0 Å². The van der Waals surface area contributed by atoms with Gasteiger partial charge in [0.2, 0.25) is 0 Å². The largest absolute Gasteiger partial charge is 0.389 e. The molecule has 3 nitrogen and oxygen atoms in total. The Morgan fingerprint density at radius 2 is 1.82 bits per heavy atom. The van der Waals surface area contributed by atoms with Gasteiger partial charge in [-0.2, -0.15) is 0 Å². The minimum atomic E-state index is -0.981. The Bertz CT molecular complexity index is 513. The Morgan fingerprint density at radius 3 is 2.36 bits per heavy atom. The van der Waals surface area contributed by atoms with Gasteiger partial charge in [-0.3, -0.25) is 4.79 Å². The highest BCUT2D eigenvalue weighted by Gasteiger charge is 2.53. The SMILES string of the molecule is CC[C@@]1(O)[C@H](C)C(=O)[C@@H](C)[C@H](O[C@@H](C)c2ccccc2)[C@@H]1C. The maximum absolute atomic E-state index is 12.5. The molecule has 6 atom stereocenters. The van der Waals surface area contributed by atoms with Gasteiger partial charge in [0.25, 0.3) is 0 Å². The molecule has 0 heterocycles. The Hall–Kier alpha value is -1.19. The lowest BCUT2D eigenvalue weighted by atomic mass is 9.63. The second-order valence-corrected chi connectivity index (χ2v) is 6.70. The molecule has 1 aliphatic carbocycles. The van der Waals surface area contributed by atoms with Crippen LogP contribution in [0.15, 0.2) is 30.3 Å². The fourth-order valence-electron chi connectivity index (χ4n) is 3.82. The molecule has 122 valence electrons. The Kier molecular flexibility index (Phi) is 5.08. The number of aliphatic hydroxyl groups is 1. The summed E-state index contributed by atoms with van der Waals surface area (Å²) >= 11 is 0. The van der Waals surface area contributed by atoms with E-state index in [1.54, 1.807) is 0 Å². The Labute approximate surface area is 133 Å². The van der Waals surface area contributed by atoms with Gasteiger partial charge in [-0.25, -0.2) is 0 Å². The van der Waals surface area contributed by atoms with Gasteiger partial charge in [0.05, 0.1) is 17.8 Å². The average molecular weight is 304 g/mol. The van der Waals surface area contributed by atoms with Crippen molar-refractivity contribution in [1.82, 2.24) is 0 Å². The molecule has 1 N–H and O–H groups in total. The number of ketones is 1. The maximum atomic E-state index is 12.5. The summed E-state index contributed by atoms with van der Waals surface area (Å²) in [6.45, 7) is 9.71. The minimum absolute atomic E-state index is 0.0774. The summed E-state index contributed by atoms with van der Waals surface area (Å²) in [6.07, 6.45) is 0.204. The second-order valence-electron chi connectivity index (χ2n) is 6.70. The van der Waals surface area contributed by atoms with Crippen LogP contribution in [0.2, 0.25) is 0 Å². The molecule has 1 aromatic rings. The van der Waals surface area contributed by atoms with Crippen molar-refractivity contribution in [3.63, 3.8) is 0 Å². The van der Waals surface area contributed by atoms with Crippen molar-refractivity contribution in [2.45, 2.75) is 58.8 Å². The third-order valence-corrected chi connectivity index (χ3v) is 5.60. The van der Waals surface area contributed by atoms with E-state index in [4.69, 9.17) is 4.74 Å². The normalized spacial score (nSPS) is 37.1. The summed E-state index contributed by atoms with van der Waals surface area (Å²) < 4.78 is 6.24. The lowest BCUT2D eigenvalue weighted by Gasteiger charge is -2.49. The number of rotatable bonds is 4. The molecule has 0 saturated heterocycles. The first-order valence-electron chi connectivity index (χ1n) is 8.29.